The van der Waals surface area contributed by atoms with Gasteiger partial charge in [0.15, 0.2) is 0 Å². The number of ether oxygens (including phenoxy) is 2. The highest BCUT2D eigenvalue weighted by atomic mass is 16.6. The maximum absolute atomic E-state index is 11.8. The van der Waals surface area contributed by atoms with Crippen molar-refractivity contribution in [1.82, 2.24) is 5.32 Å². The molecule has 116 valence electrons. The van der Waals surface area contributed by atoms with E-state index < -0.39 is 18.1 Å². The summed E-state index contributed by atoms with van der Waals surface area (Å²) in [6.07, 6.45) is 2.59. The number of hydrogen-bond acceptors (Lipinski definition) is 5. The number of benzene rings is 1. The van der Waals surface area contributed by atoms with Crippen molar-refractivity contribution in [2.75, 3.05) is 7.11 Å². The minimum atomic E-state index is -0.828. The number of alkyl carbamates (subject to hydrolysis) is 1. The number of hydrogen-bond donors (Lipinski definition) is 1. The Balaban J connectivity index is 1.88. The molecule has 0 radical (unpaired) electrons. The van der Waals surface area contributed by atoms with Crippen molar-refractivity contribution in [2.24, 2.45) is 0 Å². The Morgan fingerprint density at radius 2 is 1.95 bits per heavy atom. The van der Waals surface area contributed by atoms with Gasteiger partial charge in [0.1, 0.15) is 12.6 Å². The summed E-state index contributed by atoms with van der Waals surface area (Å²) < 4.78 is 14.7. The van der Waals surface area contributed by atoms with Crippen molar-refractivity contribution in [2.45, 2.75) is 19.1 Å². The number of methoxy groups -OCH3 is 1. The lowest BCUT2D eigenvalue weighted by molar-refractivity contribution is -0.143. The van der Waals surface area contributed by atoms with E-state index in [1.807, 2.05) is 30.3 Å². The lowest BCUT2D eigenvalue weighted by Gasteiger charge is -2.15. The highest BCUT2D eigenvalue weighted by Gasteiger charge is 2.23. The number of furan rings is 1. The Kier molecular flexibility index (Phi) is 5.59. The maximum atomic E-state index is 11.8. The van der Waals surface area contributed by atoms with Crippen LogP contribution in [0.25, 0.3) is 0 Å². The first kappa shape index (κ1) is 15.6. The molecule has 0 bridgehead atoms. The monoisotopic (exact) mass is 303 g/mol. The van der Waals surface area contributed by atoms with Gasteiger partial charge in [0.05, 0.1) is 19.6 Å². The molecule has 0 fully saturated rings. The summed E-state index contributed by atoms with van der Waals surface area (Å²) in [6.45, 7) is 0.131. The lowest BCUT2D eigenvalue weighted by atomic mass is 10.1. The molecule has 1 aromatic carbocycles. The second-order valence-electron chi connectivity index (χ2n) is 4.62. The van der Waals surface area contributed by atoms with Gasteiger partial charge in [-0.3, -0.25) is 0 Å². The Labute approximate surface area is 128 Å². The molecular weight excluding hydrogens is 286 g/mol. The number of esters is 1. The fourth-order valence-electron chi connectivity index (χ4n) is 1.89. The standard InChI is InChI=1S/C16H17NO5/c1-20-15(18)14(9-13-7-8-21-10-13)17-16(19)22-11-12-5-3-2-4-6-12/h2-8,10,14H,9,11H2,1H3,(H,17,19)/t14-/m1/s1. The molecule has 0 aliphatic rings. The van der Waals surface area contributed by atoms with Crippen LogP contribution in [0.4, 0.5) is 4.79 Å². The van der Waals surface area contributed by atoms with Crippen LogP contribution in [0.3, 0.4) is 0 Å². The summed E-state index contributed by atoms with van der Waals surface area (Å²) in [4.78, 5) is 23.5. The van der Waals surface area contributed by atoms with Crippen molar-refractivity contribution in [3.63, 3.8) is 0 Å². The van der Waals surface area contributed by atoms with Gasteiger partial charge in [-0.25, -0.2) is 9.59 Å². The zero-order chi connectivity index (χ0) is 15.8. The molecule has 6 nitrogen and oxygen atoms in total. The van der Waals surface area contributed by atoms with Gasteiger partial charge < -0.3 is 19.2 Å². The van der Waals surface area contributed by atoms with Crippen LogP contribution in [-0.4, -0.2) is 25.2 Å². The van der Waals surface area contributed by atoms with Gasteiger partial charge in [-0.15, -0.1) is 0 Å². The average molecular weight is 303 g/mol. The van der Waals surface area contributed by atoms with Crippen LogP contribution in [-0.2, 0) is 27.3 Å². The molecule has 2 aromatic rings. The molecule has 1 heterocycles. The average Bonchev–Trinajstić information content (AvgIpc) is 3.05. The topological polar surface area (TPSA) is 77.8 Å². The van der Waals surface area contributed by atoms with E-state index in [1.165, 1.54) is 19.6 Å². The Morgan fingerprint density at radius 3 is 2.59 bits per heavy atom. The second kappa shape index (κ2) is 7.87. The Bertz CT molecular complexity index is 594. The first-order chi connectivity index (χ1) is 10.7. The lowest BCUT2D eigenvalue weighted by Crippen LogP contribution is -2.43. The third-order valence-electron chi connectivity index (χ3n) is 3.01. The van der Waals surface area contributed by atoms with E-state index in [2.05, 4.69) is 10.1 Å². The minimum Gasteiger partial charge on any atom is -0.472 e. The second-order valence-corrected chi connectivity index (χ2v) is 4.62. The summed E-state index contributed by atoms with van der Waals surface area (Å²) in [7, 11) is 1.27. The van der Waals surface area contributed by atoms with Crippen LogP contribution in [0.2, 0.25) is 0 Å². The molecule has 0 saturated heterocycles. The molecular formula is C16H17NO5. The maximum Gasteiger partial charge on any atom is 0.408 e. The molecule has 22 heavy (non-hydrogen) atoms. The van der Waals surface area contributed by atoms with E-state index in [-0.39, 0.29) is 13.0 Å². The highest BCUT2D eigenvalue weighted by Crippen LogP contribution is 2.06. The van der Waals surface area contributed by atoms with E-state index in [9.17, 15) is 9.59 Å². The molecule has 1 N–H and O–H groups in total. The van der Waals surface area contributed by atoms with E-state index in [4.69, 9.17) is 9.15 Å². The largest absolute Gasteiger partial charge is 0.472 e. The number of amides is 1. The highest BCUT2D eigenvalue weighted by molar-refractivity contribution is 5.81. The van der Waals surface area contributed by atoms with E-state index in [0.717, 1.165) is 11.1 Å². The molecule has 0 aliphatic heterocycles. The van der Waals surface area contributed by atoms with E-state index >= 15 is 0 Å². The third-order valence-corrected chi connectivity index (χ3v) is 3.01. The van der Waals surface area contributed by atoms with E-state index in [1.54, 1.807) is 6.07 Å². The van der Waals surface area contributed by atoms with Crippen LogP contribution in [0, 0.1) is 0 Å². The van der Waals surface area contributed by atoms with Crippen LogP contribution < -0.4 is 5.32 Å². The molecule has 1 aromatic heterocycles. The van der Waals surface area contributed by atoms with Crippen LogP contribution in [0.15, 0.2) is 53.3 Å². The van der Waals surface area contributed by atoms with Crippen molar-refractivity contribution in [3.05, 3.63) is 60.1 Å². The van der Waals surface area contributed by atoms with Gasteiger partial charge in [0.2, 0.25) is 0 Å². The smallest absolute Gasteiger partial charge is 0.408 e. The van der Waals surface area contributed by atoms with Crippen molar-refractivity contribution in [3.8, 4) is 0 Å². The Hall–Kier alpha value is -2.76. The van der Waals surface area contributed by atoms with Gasteiger partial charge in [-0.1, -0.05) is 30.3 Å². The molecule has 0 aliphatic carbocycles. The van der Waals surface area contributed by atoms with Gasteiger partial charge in [-0.2, -0.15) is 0 Å². The first-order valence-corrected chi connectivity index (χ1v) is 6.75. The summed E-state index contributed by atoms with van der Waals surface area (Å²) in [5.74, 6) is -0.544. The zero-order valence-corrected chi connectivity index (χ0v) is 12.2. The fraction of sp³-hybridized carbons (Fsp3) is 0.250. The van der Waals surface area contributed by atoms with Gasteiger partial charge in [0.25, 0.3) is 0 Å². The molecule has 0 saturated carbocycles. The summed E-state index contributed by atoms with van der Waals surface area (Å²) >= 11 is 0. The van der Waals surface area contributed by atoms with Crippen molar-refractivity contribution in [1.29, 1.82) is 0 Å². The predicted octanol–water partition coefficient (Wildman–Crippen LogP) is 2.29. The van der Waals surface area contributed by atoms with Crippen LogP contribution in [0.5, 0.6) is 0 Å². The van der Waals surface area contributed by atoms with Gasteiger partial charge in [0, 0.05) is 6.42 Å². The van der Waals surface area contributed by atoms with Gasteiger partial charge >= 0.3 is 12.1 Å². The van der Waals surface area contributed by atoms with E-state index in [0.29, 0.717) is 0 Å². The number of carbonyl (C=O) groups excluding carboxylic acids is 2. The quantitative estimate of drug-likeness (QED) is 0.828. The summed E-state index contributed by atoms with van der Waals surface area (Å²) in [6, 6.07) is 10.2. The normalized spacial score (nSPS) is 11.5. The Morgan fingerprint density at radius 1 is 1.18 bits per heavy atom. The SMILES string of the molecule is COC(=O)[C@@H](Cc1ccoc1)NC(=O)OCc1ccccc1. The van der Waals surface area contributed by atoms with Crippen LogP contribution >= 0.6 is 0 Å². The first-order valence-electron chi connectivity index (χ1n) is 6.75. The van der Waals surface area contributed by atoms with Crippen LogP contribution in [0.1, 0.15) is 11.1 Å². The molecule has 2 rings (SSSR count). The molecule has 0 spiro atoms. The summed E-state index contributed by atoms with van der Waals surface area (Å²) in [5, 5.41) is 2.50. The summed E-state index contributed by atoms with van der Waals surface area (Å²) in [5.41, 5.74) is 1.64. The molecule has 6 heteroatoms. The molecule has 1 amide bonds. The zero-order valence-electron chi connectivity index (χ0n) is 12.2. The van der Waals surface area contributed by atoms with Crippen molar-refractivity contribution < 1.29 is 23.5 Å². The number of rotatable bonds is 6. The minimum absolute atomic E-state index is 0.131. The third kappa shape index (κ3) is 4.66. The number of carbonyl (C=O) groups is 2. The number of nitrogens with one attached hydrogen (secondary N) is 1. The molecule has 1 atom stereocenters. The predicted molar refractivity (Wildman–Crippen MR) is 78.0 cm³/mol. The van der Waals surface area contributed by atoms with Crippen molar-refractivity contribution >= 4 is 12.1 Å². The molecule has 0 unspecified atom stereocenters. The fourth-order valence-corrected chi connectivity index (χ4v) is 1.89. The van der Waals surface area contributed by atoms with Gasteiger partial charge in [-0.05, 0) is 17.2 Å².